The summed E-state index contributed by atoms with van der Waals surface area (Å²) in [5.41, 5.74) is 0. The summed E-state index contributed by atoms with van der Waals surface area (Å²) < 4.78 is 5.10. The molecule has 0 aliphatic carbocycles. The van der Waals surface area contributed by atoms with Crippen LogP contribution >= 0.6 is 7.92 Å². The van der Waals surface area contributed by atoms with Gasteiger partial charge in [0.05, 0.1) is 6.61 Å². The van der Waals surface area contributed by atoms with Gasteiger partial charge < -0.3 is 4.74 Å². The predicted octanol–water partition coefficient (Wildman–Crippen LogP) is 3.63. The highest BCUT2D eigenvalue weighted by Crippen LogP contribution is 2.34. The monoisotopic (exact) mass is 232 g/mol. The lowest BCUT2D eigenvalue weighted by Crippen LogP contribution is -2.06. The van der Waals surface area contributed by atoms with Crippen LogP contribution in [0, 0.1) is 0 Å². The maximum absolute atomic E-state index is 11.3. The first-order valence-electron chi connectivity index (χ1n) is 6.12. The van der Waals surface area contributed by atoms with Crippen molar-refractivity contribution in [2.75, 3.05) is 25.1 Å². The molecule has 0 aromatic carbocycles. The molecule has 0 saturated heterocycles. The molecule has 0 atom stereocenters. The van der Waals surface area contributed by atoms with E-state index in [9.17, 15) is 4.79 Å². The first-order valence-corrected chi connectivity index (χ1v) is 8.02. The summed E-state index contributed by atoms with van der Waals surface area (Å²) in [6.07, 6.45) is 7.51. The third kappa shape index (κ3) is 8.87. The van der Waals surface area contributed by atoms with Crippen LogP contribution in [-0.4, -0.2) is 31.1 Å². The van der Waals surface area contributed by atoms with E-state index in [-0.39, 0.29) is 13.9 Å². The fourth-order valence-corrected chi connectivity index (χ4v) is 3.07. The van der Waals surface area contributed by atoms with Crippen molar-refractivity contribution in [3.8, 4) is 0 Å². The van der Waals surface area contributed by atoms with Crippen LogP contribution in [0.15, 0.2) is 0 Å². The Morgan fingerprint density at radius 1 is 1.13 bits per heavy atom. The first kappa shape index (κ1) is 14.9. The topological polar surface area (TPSA) is 26.3 Å². The Labute approximate surface area is 95.5 Å². The lowest BCUT2D eigenvalue weighted by atomic mass is 10.3. The van der Waals surface area contributed by atoms with Gasteiger partial charge in [0.15, 0.2) is 0 Å². The normalized spacial score (nSPS) is 10.7. The van der Waals surface area contributed by atoms with Crippen molar-refractivity contribution in [3.63, 3.8) is 0 Å². The van der Waals surface area contributed by atoms with Gasteiger partial charge in [-0.15, -0.1) is 7.92 Å². The molecule has 0 N–H and O–H groups in total. The first-order chi connectivity index (χ1) is 7.24. The van der Waals surface area contributed by atoms with Crippen LogP contribution in [0.1, 0.15) is 46.5 Å². The lowest BCUT2D eigenvalue weighted by molar-refractivity contribution is -0.143. The van der Waals surface area contributed by atoms with Crippen molar-refractivity contribution < 1.29 is 9.53 Å². The zero-order chi connectivity index (χ0) is 11.5. The summed E-state index contributed by atoms with van der Waals surface area (Å²) in [5, 5.41) is 0. The van der Waals surface area contributed by atoms with Gasteiger partial charge in [-0.2, -0.15) is 0 Å². The maximum Gasteiger partial charge on any atom is 0.305 e. The highest BCUT2D eigenvalue weighted by Gasteiger charge is 2.06. The number of rotatable bonds is 9. The van der Waals surface area contributed by atoms with E-state index in [0.717, 1.165) is 19.3 Å². The molecule has 0 amide bonds. The molecule has 90 valence electrons. The predicted molar refractivity (Wildman–Crippen MR) is 68.0 cm³/mol. The molecule has 0 fully saturated rings. The van der Waals surface area contributed by atoms with Gasteiger partial charge in [0.25, 0.3) is 0 Å². The third-order valence-corrected chi connectivity index (χ3v) is 5.25. The van der Waals surface area contributed by atoms with E-state index in [1.165, 1.54) is 18.5 Å². The number of unbranched alkanes of at least 4 members (excludes halogenated alkanes) is 1. The minimum Gasteiger partial charge on any atom is -0.466 e. The van der Waals surface area contributed by atoms with Gasteiger partial charge in [0.2, 0.25) is 0 Å². The fourth-order valence-electron chi connectivity index (χ4n) is 1.39. The molecule has 0 spiro atoms. The van der Waals surface area contributed by atoms with E-state index < -0.39 is 0 Å². The zero-order valence-corrected chi connectivity index (χ0v) is 11.3. The van der Waals surface area contributed by atoms with Crippen molar-refractivity contribution in [3.05, 3.63) is 0 Å². The molecule has 0 aliphatic rings. The number of carbonyl (C=O) groups is 1. The van der Waals surface area contributed by atoms with Crippen LogP contribution < -0.4 is 0 Å². The van der Waals surface area contributed by atoms with E-state index in [1.807, 2.05) is 0 Å². The second-order valence-electron chi connectivity index (χ2n) is 3.70. The number of hydrogen-bond acceptors (Lipinski definition) is 2. The Morgan fingerprint density at radius 3 is 2.33 bits per heavy atom. The zero-order valence-electron chi connectivity index (χ0n) is 10.4. The molecule has 0 aromatic heterocycles. The Hall–Kier alpha value is -0.100. The molecule has 0 heterocycles. The van der Waals surface area contributed by atoms with Gasteiger partial charge >= 0.3 is 5.97 Å². The van der Waals surface area contributed by atoms with Crippen LogP contribution in [0.5, 0.6) is 0 Å². The Balaban J connectivity index is 3.37. The standard InChI is InChI=1S/C12H25O2P/c1-4-7-10-14-12(13)9-8-11-15(5-2)6-3/h4-11H2,1-3H3. The highest BCUT2D eigenvalue weighted by atomic mass is 31.1. The molecular weight excluding hydrogens is 207 g/mol. The summed E-state index contributed by atoms with van der Waals surface area (Å²) in [6.45, 7) is 7.19. The van der Waals surface area contributed by atoms with E-state index in [2.05, 4.69) is 20.8 Å². The Morgan fingerprint density at radius 2 is 1.80 bits per heavy atom. The van der Waals surface area contributed by atoms with Gasteiger partial charge in [-0.3, -0.25) is 4.79 Å². The number of hydrogen-bond donors (Lipinski definition) is 0. The molecule has 0 aromatic rings. The highest BCUT2D eigenvalue weighted by molar-refractivity contribution is 7.57. The summed E-state index contributed by atoms with van der Waals surface area (Å²) in [7, 11) is 0.189. The summed E-state index contributed by atoms with van der Waals surface area (Å²) >= 11 is 0. The van der Waals surface area contributed by atoms with E-state index in [4.69, 9.17) is 4.74 Å². The lowest BCUT2D eigenvalue weighted by Gasteiger charge is -2.12. The summed E-state index contributed by atoms with van der Waals surface area (Å²) in [6, 6.07) is 0. The smallest absolute Gasteiger partial charge is 0.305 e. The molecule has 15 heavy (non-hydrogen) atoms. The van der Waals surface area contributed by atoms with E-state index in [0.29, 0.717) is 13.0 Å². The average molecular weight is 232 g/mol. The summed E-state index contributed by atoms with van der Waals surface area (Å²) in [5.74, 6) is -0.00870. The number of ether oxygens (including phenoxy) is 1. The average Bonchev–Trinajstić information content (AvgIpc) is 2.25. The maximum atomic E-state index is 11.3. The van der Waals surface area contributed by atoms with Crippen LogP contribution in [0.3, 0.4) is 0 Å². The summed E-state index contributed by atoms with van der Waals surface area (Å²) in [4.78, 5) is 11.3. The molecular formula is C12H25O2P. The van der Waals surface area contributed by atoms with E-state index in [1.54, 1.807) is 0 Å². The molecule has 0 aliphatic heterocycles. The molecule has 0 unspecified atom stereocenters. The quantitative estimate of drug-likeness (QED) is 0.345. The molecule has 0 radical (unpaired) electrons. The molecule has 0 bridgehead atoms. The van der Waals surface area contributed by atoms with Crippen molar-refractivity contribution in [1.82, 2.24) is 0 Å². The van der Waals surface area contributed by atoms with Gasteiger partial charge in [0, 0.05) is 6.42 Å². The van der Waals surface area contributed by atoms with Crippen LogP contribution in [0.2, 0.25) is 0 Å². The number of esters is 1. The molecule has 3 heteroatoms. The van der Waals surface area contributed by atoms with Crippen LogP contribution in [0.25, 0.3) is 0 Å². The molecule has 0 rings (SSSR count). The molecule has 0 saturated carbocycles. The second kappa shape index (κ2) is 10.4. The van der Waals surface area contributed by atoms with Crippen LogP contribution in [0.4, 0.5) is 0 Å². The van der Waals surface area contributed by atoms with Crippen LogP contribution in [-0.2, 0) is 9.53 Å². The number of carbonyl (C=O) groups excluding carboxylic acids is 1. The van der Waals surface area contributed by atoms with Gasteiger partial charge in [-0.25, -0.2) is 0 Å². The second-order valence-corrected chi connectivity index (χ2v) is 6.76. The largest absolute Gasteiger partial charge is 0.466 e. The van der Waals surface area contributed by atoms with Gasteiger partial charge in [0.1, 0.15) is 0 Å². The van der Waals surface area contributed by atoms with Gasteiger partial charge in [-0.1, -0.05) is 27.2 Å². The fraction of sp³-hybridized carbons (Fsp3) is 0.917. The van der Waals surface area contributed by atoms with Crippen molar-refractivity contribution in [2.45, 2.75) is 46.5 Å². The Kier molecular flexibility index (Phi) is 10.3. The minimum absolute atomic E-state index is 0.00870. The SMILES string of the molecule is CCCCOC(=O)CCCP(CC)CC. The van der Waals surface area contributed by atoms with E-state index >= 15 is 0 Å². The van der Waals surface area contributed by atoms with Crippen molar-refractivity contribution >= 4 is 13.9 Å². The minimum atomic E-state index is -0.00870. The van der Waals surface area contributed by atoms with Gasteiger partial charge in [-0.05, 0) is 31.3 Å². The molecule has 2 nitrogen and oxygen atoms in total. The van der Waals surface area contributed by atoms with Crippen molar-refractivity contribution in [1.29, 1.82) is 0 Å². The van der Waals surface area contributed by atoms with Crippen molar-refractivity contribution in [2.24, 2.45) is 0 Å². The Bertz CT molecular complexity index is 156. The third-order valence-electron chi connectivity index (χ3n) is 2.51.